The van der Waals surface area contributed by atoms with E-state index in [9.17, 15) is 18.0 Å². The lowest BCUT2D eigenvalue weighted by atomic mass is 10.2. The fourth-order valence-electron chi connectivity index (χ4n) is 1.38. The first-order chi connectivity index (χ1) is 9.29. The molecule has 20 heavy (non-hydrogen) atoms. The number of aromatic nitrogens is 1. The zero-order valence-corrected chi connectivity index (χ0v) is 10.8. The monoisotopic (exact) mass is 293 g/mol. The van der Waals surface area contributed by atoms with E-state index >= 15 is 0 Å². The fourth-order valence-corrected chi connectivity index (χ4v) is 1.38. The molecule has 1 heterocycles. The Kier molecular flexibility index (Phi) is 5.28. The summed E-state index contributed by atoms with van der Waals surface area (Å²) in [7, 11) is 1.20. The molecule has 0 spiro atoms. The van der Waals surface area contributed by atoms with Crippen LogP contribution in [0.3, 0.4) is 0 Å². The highest BCUT2D eigenvalue weighted by atomic mass is 19.4. The first-order valence-electron chi connectivity index (χ1n) is 5.58. The number of anilines is 1. The predicted molar refractivity (Wildman–Crippen MR) is 63.7 cm³/mol. The molecule has 1 aromatic heterocycles. The van der Waals surface area contributed by atoms with E-state index in [4.69, 9.17) is 9.94 Å². The Bertz CT molecular complexity index is 468. The molecule has 0 aliphatic carbocycles. The molecule has 0 bridgehead atoms. The highest BCUT2D eigenvalue weighted by Gasteiger charge is 2.31. The van der Waals surface area contributed by atoms with Crippen LogP contribution in [0.4, 0.5) is 23.8 Å². The van der Waals surface area contributed by atoms with Crippen molar-refractivity contribution in [1.29, 1.82) is 0 Å². The van der Waals surface area contributed by atoms with Crippen LogP contribution >= 0.6 is 0 Å². The summed E-state index contributed by atoms with van der Waals surface area (Å²) in [6.45, 7) is 1.14. The Morgan fingerprint density at radius 3 is 2.75 bits per heavy atom. The second-order valence-electron chi connectivity index (χ2n) is 3.90. The Balaban J connectivity index is 2.85. The normalized spacial score (nSPS) is 12.9. The molecule has 9 heteroatoms. The van der Waals surface area contributed by atoms with Crippen LogP contribution in [0.5, 0.6) is 0 Å². The second-order valence-corrected chi connectivity index (χ2v) is 3.90. The van der Waals surface area contributed by atoms with E-state index in [2.05, 4.69) is 10.3 Å². The summed E-state index contributed by atoms with van der Waals surface area (Å²) in [5.41, 5.74) is -0.929. The van der Waals surface area contributed by atoms with E-state index in [1.807, 2.05) is 0 Å². The number of hydrogen-bond donors (Lipinski definition) is 2. The number of nitrogens with one attached hydrogen (secondary N) is 1. The molecule has 1 aromatic rings. The quantitative estimate of drug-likeness (QED) is 0.831. The molecule has 6 nitrogen and oxygen atoms in total. The van der Waals surface area contributed by atoms with Crippen molar-refractivity contribution in [3.8, 4) is 0 Å². The van der Waals surface area contributed by atoms with E-state index in [0.717, 1.165) is 17.3 Å². The van der Waals surface area contributed by atoms with Gasteiger partial charge in [-0.05, 0) is 19.1 Å². The van der Waals surface area contributed by atoms with Crippen LogP contribution in [0.15, 0.2) is 18.3 Å². The minimum atomic E-state index is -4.53. The minimum absolute atomic E-state index is 0.267. The van der Waals surface area contributed by atoms with Crippen molar-refractivity contribution >= 4 is 11.8 Å². The number of hydrogen-bond acceptors (Lipinski definition) is 4. The lowest BCUT2D eigenvalue weighted by Gasteiger charge is -2.24. The highest BCUT2D eigenvalue weighted by Crippen LogP contribution is 2.29. The third-order valence-corrected chi connectivity index (χ3v) is 2.38. The fraction of sp³-hybridized carbons (Fsp3) is 0.455. The minimum Gasteiger partial charge on any atom is -0.394 e. The van der Waals surface area contributed by atoms with Crippen LogP contribution in [-0.2, 0) is 11.0 Å². The summed E-state index contributed by atoms with van der Waals surface area (Å²) in [6, 6.07) is 0.00166. The maximum absolute atomic E-state index is 12.5. The zero-order valence-electron chi connectivity index (χ0n) is 10.8. The van der Waals surface area contributed by atoms with Gasteiger partial charge in [-0.15, -0.1) is 0 Å². The van der Waals surface area contributed by atoms with Crippen molar-refractivity contribution < 1.29 is 27.9 Å². The number of carbonyl (C=O) groups excluding carboxylic acids is 1. The van der Waals surface area contributed by atoms with Crippen molar-refractivity contribution in [1.82, 2.24) is 10.0 Å². The number of urea groups is 1. The molecule has 0 aromatic carbocycles. The first kappa shape index (κ1) is 16.2. The number of aliphatic hydroxyl groups excluding tert-OH is 1. The SMILES string of the molecule is CON(C(=O)Nc1cc(C(F)(F)F)ccn1)C(C)CO. The van der Waals surface area contributed by atoms with Gasteiger partial charge in [0.25, 0.3) is 0 Å². The number of aliphatic hydroxyl groups is 1. The summed E-state index contributed by atoms with van der Waals surface area (Å²) in [5.74, 6) is -0.267. The third-order valence-electron chi connectivity index (χ3n) is 2.38. The van der Waals surface area contributed by atoms with Crippen LogP contribution in [-0.4, -0.2) is 40.9 Å². The molecule has 0 aliphatic rings. The van der Waals surface area contributed by atoms with Crippen LogP contribution in [0.2, 0.25) is 0 Å². The molecule has 0 saturated heterocycles. The summed E-state index contributed by atoms with van der Waals surface area (Å²) in [5, 5.41) is 11.9. The van der Waals surface area contributed by atoms with E-state index in [1.165, 1.54) is 14.0 Å². The molecule has 1 unspecified atom stereocenters. The van der Waals surface area contributed by atoms with E-state index < -0.39 is 23.8 Å². The molecule has 0 saturated carbocycles. The summed E-state index contributed by atoms with van der Waals surface area (Å²) >= 11 is 0. The van der Waals surface area contributed by atoms with Gasteiger partial charge in [0.05, 0.1) is 25.3 Å². The topological polar surface area (TPSA) is 74.7 Å². The average molecular weight is 293 g/mol. The molecule has 2 amide bonds. The van der Waals surface area contributed by atoms with Gasteiger partial charge in [-0.1, -0.05) is 0 Å². The number of carbonyl (C=O) groups is 1. The van der Waals surface area contributed by atoms with E-state index in [0.29, 0.717) is 6.07 Å². The van der Waals surface area contributed by atoms with Crippen LogP contribution in [0, 0.1) is 0 Å². The Morgan fingerprint density at radius 2 is 2.25 bits per heavy atom. The van der Waals surface area contributed by atoms with Crippen LogP contribution < -0.4 is 5.32 Å². The van der Waals surface area contributed by atoms with Crippen molar-refractivity contribution in [3.05, 3.63) is 23.9 Å². The Hall–Kier alpha value is -1.87. The number of nitrogens with zero attached hydrogens (tertiary/aromatic N) is 2. The second kappa shape index (κ2) is 6.53. The Morgan fingerprint density at radius 1 is 1.60 bits per heavy atom. The van der Waals surface area contributed by atoms with Gasteiger partial charge in [0.15, 0.2) is 0 Å². The maximum atomic E-state index is 12.5. The van der Waals surface area contributed by atoms with Gasteiger partial charge in [0, 0.05) is 6.20 Å². The van der Waals surface area contributed by atoms with Crippen LogP contribution in [0.1, 0.15) is 12.5 Å². The average Bonchev–Trinajstić information content (AvgIpc) is 2.38. The highest BCUT2D eigenvalue weighted by molar-refractivity contribution is 5.87. The van der Waals surface area contributed by atoms with Gasteiger partial charge in [-0.2, -0.15) is 18.2 Å². The summed E-state index contributed by atoms with van der Waals surface area (Å²) in [4.78, 5) is 20.1. The number of amides is 2. The van der Waals surface area contributed by atoms with E-state index in [-0.39, 0.29) is 12.4 Å². The van der Waals surface area contributed by atoms with Gasteiger partial charge in [0.1, 0.15) is 5.82 Å². The van der Waals surface area contributed by atoms with Gasteiger partial charge in [0.2, 0.25) is 0 Å². The van der Waals surface area contributed by atoms with Crippen molar-refractivity contribution in [2.24, 2.45) is 0 Å². The largest absolute Gasteiger partial charge is 0.416 e. The number of halogens is 3. The molecule has 0 fully saturated rings. The molecule has 1 rings (SSSR count). The van der Waals surface area contributed by atoms with Gasteiger partial charge in [-0.25, -0.2) is 9.78 Å². The number of pyridine rings is 1. The lowest BCUT2D eigenvalue weighted by molar-refractivity contribution is -0.137. The lowest BCUT2D eigenvalue weighted by Crippen LogP contribution is -2.42. The van der Waals surface area contributed by atoms with E-state index in [1.54, 1.807) is 0 Å². The van der Waals surface area contributed by atoms with Gasteiger partial charge in [-0.3, -0.25) is 10.2 Å². The number of hydroxylamine groups is 2. The summed E-state index contributed by atoms with van der Waals surface area (Å²) in [6.07, 6.45) is -3.59. The zero-order chi connectivity index (χ0) is 15.3. The first-order valence-corrected chi connectivity index (χ1v) is 5.58. The molecular formula is C11H14F3N3O3. The van der Waals surface area contributed by atoms with Crippen molar-refractivity contribution in [3.63, 3.8) is 0 Å². The molecule has 0 aliphatic heterocycles. The number of alkyl halides is 3. The van der Waals surface area contributed by atoms with Crippen molar-refractivity contribution in [2.75, 3.05) is 19.0 Å². The van der Waals surface area contributed by atoms with Crippen LogP contribution in [0.25, 0.3) is 0 Å². The maximum Gasteiger partial charge on any atom is 0.416 e. The molecule has 0 radical (unpaired) electrons. The van der Waals surface area contributed by atoms with Gasteiger partial charge >= 0.3 is 12.2 Å². The molecule has 112 valence electrons. The summed E-state index contributed by atoms with van der Waals surface area (Å²) < 4.78 is 37.5. The predicted octanol–water partition coefficient (Wildman–Crippen LogP) is 1.88. The third kappa shape index (κ3) is 4.07. The molecule has 2 N–H and O–H groups in total. The smallest absolute Gasteiger partial charge is 0.394 e. The number of rotatable bonds is 4. The molecule has 1 atom stereocenters. The Labute approximate surface area is 113 Å². The standard InChI is InChI=1S/C11H14F3N3O3/c1-7(6-18)17(20-2)10(19)16-9-5-8(3-4-15-9)11(12,13)14/h3-5,7,18H,6H2,1-2H3,(H,15,16,19). The molecular weight excluding hydrogens is 279 g/mol. The van der Waals surface area contributed by atoms with Gasteiger partial charge < -0.3 is 5.11 Å². The van der Waals surface area contributed by atoms with Crippen molar-refractivity contribution in [2.45, 2.75) is 19.1 Å².